The molecule has 0 radical (unpaired) electrons. The van der Waals surface area contributed by atoms with Crippen LogP contribution >= 0.6 is 11.3 Å². The second-order valence-electron chi connectivity index (χ2n) is 8.12. The third-order valence-corrected chi connectivity index (χ3v) is 6.60. The third-order valence-electron chi connectivity index (χ3n) is 5.83. The Morgan fingerprint density at radius 3 is 2.77 bits per heavy atom. The second kappa shape index (κ2) is 9.79. The minimum Gasteiger partial charge on any atom is -0.507 e. The molecule has 1 aromatic heterocycles. The summed E-state index contributed by atoms with van der Waals surface area (Å²) in [6.45, 7) is 3.47. The van der Waals surface area contributed by atoms with E-state index in [9.17, 15) is 14.7 Å². The lowest BCUT2D eigenvalue weighted by Gasteiger charge is -2.23. The number of aliphatic hydroxyl groups is 1. The van der Waals surface area contributed by atoms with Crippen molar-refractivity contribution in [2.45, 2.75) is 25.8 Å². The summed E-state index contributed by atoms with van der Waals surface area (Å²) >= 11 is 1.24. The molecule has 3 aromatic rings. The van der Waals surface area contributed by atoms with Crippen LogP contribution in [0.3, 0.4) is 0 Å². The van der Waals surface area contributed by atoms with E-state index in [0.29, 0.717) is 53.3 Å². The number of hydrogen-bond acceptors (Lipinski definition) is 8. The molecular formula is C26H24N2O6S. The topological polar surface area (TPSA) is 98.2 Å². The molecular weight excluding hydrogens is 468 g/mol. The van der Waals surface area contributed by atoms with E-state index in [1.165, 1.54) is 16.2 Å². The van der Waals surface area contributed by atoms with Crippen LogP contribution in [0, 0.1) is 0 Å². The number of hydrogen-bond donors (Lipinski definition) is 1. The molecule has 1 saturated heterocycles. The number of thiazole rings is 1. The number of benzene rings is 2. The number of carbonyl (C=O) groups is 2. The Morgan fingerprint density at radius 1 is 1.17 bits per heavy atom. The molecule has 8 nitrogen and oxygen atoms in total. The van der Waals surface area contributed by atoms with Crippen molar-refractivity contribution in [3.8, 4) is 17.2 Å². The highest BCUT2D eigenvalue weighted by molar-refractivity contribution is 7.14. The molecule has 9 heteroatoms. The van der Waals surface area contributed by atoms with Crippen LogP contribution in [0.2, 0.25) is 0 Å². The zero-order valence-electron chi connectivity index (χ0n) is 19.1. The maximum atomic E-state index is 13.3. The molecule has 0 aliphatic carbocycles. The zero-order chi connectivity index (χ0) is 24.4. The summed E-state index contributed by atoms with van der Waals surface area (Å²) in [5.74, 6) is -0.167. The van der Waals surface area contributed by atoms with Crippen molar-refractivity contribution < 1.29 is 28.9 Å². The first-order valence-electron chi connectivity index (χ1n) is 11.4. The van der Waals surface area contributed by atoms with Crippen molar-refractivity contribution in [3.05, 3.63) is 70.7 Å². The molecule has 1 atom stereocenters. The van der Waals surface area contributed by atoms with Gasteiger partial charge in [-0.2, -0.15) is 0 Å². The van der Waals surface area contributed by atoms with E-state index in [0.717, 1.165) is 12.8 Å². The summed E-state index contributed by atoms with van der Waals surface area (Å²) in [6.07, 6.45) is 3.48. The van der Waals surface area contributed by atoms with E-state index >= 15 is 0 Å². The predicted molar refractivity (Wildman–Crippen MR) is 131 cm³/mol. The van der Waals surface area contributed by atoms with Gasteiger partial charge in [0.1, 0.15) is 24.7 Å². The van der Waals surface area contributed by atoms with Crippen molar-refractivity contribution >= 4 is 33.9 Å². The van der Waals surface area contributed by atoms with Crippen molar-refractivity contribution in [1.82, 2.24) is 4.98 Å². The Balaban J connectivity index is 1.62. The molecule has 180 valence electrons. The molecule has 1 N–H and O–H groups in total. The van der Waals surface area contributed by atoms with Crippen LogP contribution in [0.5, 0.6) is 17.2 Å². The summed E-state index contributed by atoms with van der Waals surface area (Å²) < 4.78 is 17.1. The average molecular weight is 493 g/mol. The van der Waals surface area contributed by atoms with Gasteiger partial charge < -0.3 is 19.3 Å². The minimum atomic E-state index is -0.871. The summed E-state index contributed by atoms with van der Waals surface area (Å²) in [5.41, 5.74) is 0.965. The van der Waals surface area contributed by atoms with E-state index in [2.05, 4.69) is 11.9 Å². The van der Waals surface area contributed by atoms with Gasteiger partial charge in [0.2, 0.25) is 0 Å². The molecule has 0 unspecified atom stereocenters. The first kappa shape index (κ1) is 22.9. The lowest BCUT2D eigenvalue weighted by Crippen LogP contribution is -2.29. The molecule has 5 rings (SSSR count). The van der Waals surface area contributed by atoms with Crippen LogP contribution in [0.25, 0.3) is 5.76 Å². The summed E-state index contributed by atoms with van der Waals surface area (Å²) in [7, 11) is 0. The molecule has 1 fully saturated rings. The Hall–Kier alpha value is -3.85. The van der Waals surface area contributed by atoms with E-state index in [-0.39, 0.29) is 11.3 Å². The number of ketones is 1. The molecule has 0 spiro atoms. The molecule has 0 saturated carbocycles. The van der Waals surface area contributed by atoms with Gasteiger partial charge in [-0.3, -0.25) is 14.5 Å². The Bertz CT molecular complexity index is 1290. The zero-order valence-corrected chi connectivity index (χ0v) is 19.9. The lowest BCUT2D eigenvalue weighted by molar-refractivity contribution is -0.132. The van der Waals surface area contributed by atoms with Gasteiger partial charge in [-0.1, -0.05) is 25.5 Å². The highest BCUT2D eigenvalue weighted by atomic mass is 32.1. The normalized spacial score (nSPS) is 18.7. The molecule has 0 bridgehead atoms. The highest BCUT2D eigenvalue weighted by Crippen LogP contribution is 2.44. The number of nitrogens with zero attached hydrogens (tertiary/aromatic N) is 2. The van der Waals surface area contributed by atoms with Gasteiger partial charge in [0.05, 0.1) is 18.2 Å². The molecule has 2 aliphatic heterocycles. The van der Waals surface area contributed by atoms with Gasteiger partial charge in [-0.25, -0.2) is 4.98 Å². The fourth-order valence-corrected chi connectivity index (χ4v) is 4.80. The maximum Gasteiger partial charge on any atom is 0.301 e. The number of anilines is 1. The smallest absolute Gasteiger partial charge is 0.301 e. The van der Waals surface area contributed by atoms with E-state index in [1.807, 2.05) is 12.1 Å². The molecule has 3 heterocycles. The number of carbonyl (C=O) groups excluding carboxylic acids is 2. The number of rotatable bonds is 7. The van der Waals surface area contributed by atoms with Crippen LogP contribution in [-0.2, 0) is 9.59 Å². The number of aromatic nitrogens is 1. The van der Waals surface area contributed by atoms with Crippen LogP contribution in [0.1, 0.15) is 36.9 Å². The number of fused-ring (bicyclic) bond motifs is 1. The third kappa shape index (κ3) is 4.35. The Morgan fingerprint density at radius 2 is 2.00 bits per heavy atom. The lowest BCUT2D eigenvalue weighted by atomic mass is 9.95. The first-order chi connectivity index (χ1) is 17.1. The average Bonchev–Trinajstić information content (AvgIpc) is 3.50. The largest absolute Gasteiger partial charge is 0.507 e. The highest BCUT2D eigenvalue weighted by Gasteiger charge is 2.48. The van der Waals surface area contributed by atoms with Gasteiger partial charge >= 0.3 is 5.91 Å². The molecule has 2 aliphatic rings. The van der Waals surface area contributed by atoms with Gasteiger partial charge in [0, 0.05) is 17.1 Å². The summed E-state index contributed by atoms with van der Waals surface area (Å²) in [4.78, 5) is 32.1. The van der Waals surface area contributed by atoms with E-state index < -0.39 is 17.7 Å². The van der Waals surface area contributed by atoms with Gasteiger partial charge in [0.15, 0.2) is 16.6 Å². The number of Topliss-reactive ketones (excluding diaryl/α,β-unsaturated/α-hetero) is 1. The van der Waals surface area contributed by atoms with Crippen molar-refractivity contribution in [2.75, 3.05) is 24.7 Å². The van der Waals surface area contributed by atoms with E-state index in [4.69, 9.17) is 14.2 Å². The van der Waals surface area contributed by atoms with Crippen molar-refractivity contribution in [1.29, 1.82) is 0 Å². The maximum absolute atomic E-state index is 13.3. The number of amides is 1. The van der Waals surface area contributed by atoms with Gasteiger partial charge in [0.25, 0.3) is 5.78 Å². The number of ether oxygens (including phenoxy) is 3. The number of unbranched alkanes of at least 4 members (excludes halogenated alkanes) is 1. The summed E-state index contributed by atoms with van der Waals surface area (Å²) in [5, 5.41) is 13.4. The Kier molecular flexibility index (Phi) is 6.41. The van der Waals surface area contributed by atoms with Crippen LogP contribution < -0.4 is 19.1 Å². The van der Waals surface area contributed by atoms with Crippen molar-refractivity contribution in [2.24, 2.45) is 0 Å². The molecule has 1 amide bonds. The minimum absolute atomic E-state index is 0.0208. The van der Waals surface area contributed by atoms with E-state index in [1.54, 1.807) is 41.9 Å². The quantitative estimate of drug-likeness (QED) is 0.221. The fraction of sp³-hybridized carbons (Fsp3) is 0.269. The molecule has 2 aromatic carbocycles. The molecule has 35 heavy (non-hydrogen) atoms. The number of aliphatic hydroxyl groups excluding tert-OH is 1. The fourth-order valence-electron chi connectivity index (χ4n) is 4.14. The van der Waals surface area contributed by atoms with Crippen LogP contribution in [-0.4, -0.2) is 41.6 Å². The monoisotopic (exact) mass is 492 g/mol. The first-order valence-corrected chi connectivity index (χ1v) is 12.3. The standard InChI is InChI=1S/C26H24N2O6S/c1-2-3-10-32-18-6-4-5-16(14-18)22-21(24(30)25(31)28(22)26-27-9-13-35-26)23(29)17-7-8-19-20(15-17)34-12-11-33-19/h4-9,13-15,22,29H,2-3,10-12H2,1H3/t22-/m1/s1. The predicted octanol–water partition coefficient (Wildman–Crippen LogP) is 4.72. The van der Waals surface area contributed by atoms with Gasteiger partial charge in [-0.05, 0) is 42.3 Å². The second-order valence-corrected chi connectivity index (χ2v) is 8.99. The van der Waals surface area contributed by atoms with Gasteiger partial charge in [-0.15, -0.1) is 11.3 Å². The van der Waals surface area contributed by atoms with Crippen LogP contribution in [0.15, 0.2) is 59.6 Å². The Labute approximate surface area is 206 Å². The SMILES string of the molecule is CCCCOc1cccc([C@@H]2C(=C(O)c3ccc4c(c3)OCCO4)C(=O)C(=O)N2c2nccs2)c1. The van der Waals surface area contributed by atoms with Crippen LogP contribution in [0.4, 0.5) is 5.13 Å². The summed E-state index contributed by atoms with van der Waals surface area (Å²) in [6, 6.07) is 11.3. The van der Waals surface area contributed by atoms with Crippen molar-refractivity contribution in [3.63, 3.8) is 0 Å².